The van der Waals surface area contributed by atoms with Crippen LogP contribution in [0.25, 0.3) is 0 Å². The van der Waals surface area contributed by atoms with Gasteiger partial charge in [0.05, 0.1) is 6.10 Å². The number of carbonyl (C=O) groups excluding carboxylic acids is 1. The van der Waals surface area contributed by atoms with Gasteiger partial charge in [0, 0.05) is 6.42 Å². The molecule has 0 radical (unpaired) electrons. The van der Waals surface area contributed by atoms with Crippen LogP contribution < -0.4 is 0 Å². The molecule has 0 saturated carbocycles. The average Bonchev–Trinajstić information content (AvgIpc) is 2.27. The second kappa shape index (κ2) is 3.87. The fourth-order valence-electron chi connectivity index (χ4n) is 1.41. The number of hydrogen-bond acceptors (Lipinski definition) is 2. The van der Waals surface area contributed by atoms with E-state index in [1.807, 2.05) is 13.0 Å². The normalized spacial score (nSPS) is 23.2. The second-order valence-corrected chi connectivity index (χ2v) is 10.6. The molecule has 0 bridgehead atoms. The van der Waals surface area contributed by atoms with Gasteiger partial charge in [0.1, 0.15) is 0 Å². The number of carbonyl (C=O) groups is 1. The highest BCUT2D eigenvalue weighted by Crippen LogP contribution is 2.38. The van der Waals surface area contributed by atoms with Gasteiger partial charge in [0.15, 0.2) is 14.1 Å². The van der Waals surface area contributed by atoms with E-state index in [-0.39, 0.29) is 16.9 Å². The molecule has 0 N–H and O–H groups in total. The number of rotatable bonds is 2. The Kier molecular flexibility index (Phi) is 3.26. The van der Waals surface area contributed by atoms with Crippen LogP contribution in [0, 0.1) is 0 Å². The molecule has 0 aliphatic heterocycles. The summed E-state index contributed by atoms with van der Waals surface area (Å²) in [6, 6.07) is 0. The molecule has 86 valence electrons. The van der Waals surface area contributed by atoms with Gasteiger partial charge in [-0.15, -0.1) is 0 Å². The van der Waals surface area contributed by atoms with Crippen LogP contribution in [0.5, 0.6) is 0 Å². The van der Waals surface area contributed by atoms with Crippen LogP contribution in [-0.4, -0.2) is 20.2 Å². The molecule has 0 spiro atoms. The Morgan fingerprint density at radius 2 is 1.93 bits per heavy atom. The summed E-state index contributed by atoms with van der Waals surface area (Å²) in [5, 5.41) is 0.209. The summed E-state index contributed by atoms with van der Waals surface area (Å²) in [6.45, 7) is 13.0. The van der Waals surface area contributed by atoms with Gasteiger partial charge in [0.2, 0.25) is 0 Å². The molecule has 1 aliphatic rings. The Balaban J connectivity index is 2.69. The van der Waals surface area contributed by atoms with Crippen molar-refractivity contribution in [2.24, 2.45) is 0 Å². The zero-order valence-corrected chi connectivity index (χ0v) is 11.7. The maximum atomic E-state index is 11.4. The van der Waals surface area contributed by atoms with Crippen molar-refractivity contribution in [2.45, 2.75) is 58.4 Å². The molecule has 15 heavy (non-hydrogen) atoms. The van der Waals surface area contributed by atoms with E-state index in [0.29, 0.717) is 6.42 Å². The first-order chi connectivity index (χ1) is 6.63. The Labute approximate surface area is 93.8 Å². The summed E-state index contributed by atoms with van der Waals surface area (Å²) < 4.78 is 6.15. The summed E-state index contributed by atoms with van der Waals surface area (Å²) in [5.74, 6) is 0.235. The lowest BCUT2D eigenvalue weighted by atomic mass is 10.2. The van der Waals surface area contributed by atoms with Gasteiger partial charge < -0.3 is 4.43 Å². The van der Waals surface area contributed by atoms with Crippen molar-refractivity contribution in [1.82, 2.24) is 0 Å². The molecule has 0 fully saturated rings. The third-order valence-corrected chi connectivity index (χ3v) is 8.02. The monoisotopic (exact) mass is 226 g/mol. The molecule has 0 amide bonds. The van der Waals surface area contributed by atoms with Crippen LogP contribution in [0.4, 0.5) is 0 Å². The maximum Gasteiger partial charge on any atom is 0.192 e. The van der Waals surface area contributed by atoms with Gasteiger partial charge in [-0.05, 0) is 30.6 Å². The Morgan fingerprint density at radius 3 is 2.27 bits per heavy atom. The van der Waals surface area contributed by atoms with Crippen molar-refractivity contribution >= 4 is 14.1 Å². The maximum absolute atomic E-state index is 11.4. The first-order valence-corrected chi connectivity index (χ1v) is 8.44. The molecule has 3 heteroatoms. The van der Waals surface area contributed by atoms with Crippen LogP contribution in [0.15, 0.2) is 11.6 Å². The van der Waals surface area contributed by atoms with Crippen molar-refractivity contribution in [2.75, 3.05) is 0 Å². The van der Waals surface area contributed by atoms with E-state index < -0.39 is 8.32 Å². The molecule has 1 atom stereocenters. The minimum absolute atomic E-state index is 0.0263. The highest BCUT2D eigenvalue weighted by molar-refractivity contribution is 6.74. The Hall–Kier alpha value is -0.413. The van der Waals surface area contributed by atoms with Gasteiger partial charge in [-0.3, -0.25) is 4.79 Å². The van der Waals surface area contributed by atoms with Gasteiger partial charge in [-0.1, -0.05) is 26.8 Å². The predicted octanol–water partition coefficient (Wildman–Crippen LogP) is 3.30. The Morgan fingerprint density at radius 1 is 1.40 bits per heavy atom. The van der Waals surface area contributed by atoms with Crippen molar-refractivity contribution in [3.8, 4) is 0 Å². The average molecular weight is 226 g/mol. The summed E-state index contributed by atoms with van der Waals surface area (Å²) in [6.07, 6.45) is 2.54. The third kappa shape index (κ3) is 2.79. The summed E-state index contributed by atoms with van der Waals surface area (Å²) in [7, 11) is -1.73. The van der Waals surface area contributed by atoms with Gasteiger partial charge in [0.25, 0.3) is 0 Å². The first-order valence-electron chi connectivity index (χ1n) is 5.53. The zero-order chi connectivity index (χ0) is 11.9. The van der Waals surface area contributed by atoms with Crippen LogP contribution in [0.3, 0.4) is 0 Å². The van der Waals surface area contributed by atoms with Crippen LogP contribution in [0.2, 0.25) is 18.1 Å². The lowest BCUT2D eigenvalue weighted by Gasteiger charge is -2.37. The topological polar surface area (TPSA) is 26.3 Å². The first kappa shape index (κ1) is 12.7. The van der Waals surface area contributed by atoms with E-state index in [9.17, 15) is 4.79 Å². The van der Waals surface area contributed by atoms with E-state index in [0.717, 1.165) is 5.57 Å². The quantitative estimate of drug-likeness (QED) is 0.675. The standard InChI is InChI=1S/C12H22O2Si/c1-9-7-10(8-11(9)13)14-15(5,6)12(2,3)4/h7,10H,8H2,1-6H3. The number of allylic oxidation sites excluding steroid dienone is 1. The van der Waals surface area contributed by atoms with Crippen molar-refractivity contribution in [3.05, 3.63) is 11.6 Å². The molecule has 1 unspecified atom stereocenters. The smallest absolute Gasteiger partial charge is 0.192 e. The second-order valence-electron chi connectivity index (χ2n) is 5.89. The number of hydrogen-bond donors (Lipinski definition) is 0. The third-order valence-electron chi connectivity index (χ3n) is 3.51. The molecule has 0 aromatic heterocycles. The zero-order valence-electron chi connectivity index (χ0n) is 10.7. The highest BCUT2D eigenvalue weighted by atomic mass is 28.4. The largest absolute Gasteiger partial charge is 0.410 e. The SMILES string of the molecule is CC1=CC(O[Si](C)(C)C(C)(C)C)CC1=O. The number of Topliss-reactive ketones (excluding diaryl/α,β-unsaturated/α-hetero) is 1. The highest BCUT2D eigenvalue weighted by Gasteiger charge is 2.40. The van der Waals surface area contributed by atoms with Gasteiger partial charge in [-0.2, -0.15) is 0 Å². The molecular weight excluding hydrogens is 204 g/mol. The van der Waals surface area contributed by atoms with Crippen molar-refractivity contribution in [3.63, 3.8) is 0 Å². The summed E-state index contributed by atoms with van der Waals surface area (Å²) >= 11 is 0. The Bertz CT molecular complexity index is 297. The van der Waals surface area contributed by atoms with Gasteiger partial charge in [-0.25, -0.2) is 0 Å². The molecule has 0 aromatic carbocycles. The van der Waals surface area contributed by atoms with Crippen LogP contribution in [-0.2, 0) is 9.22 Å². The lowest BCUT2D eigenvalue weighted by Crippen LogP contribution is -2.43. The van der Waals surface area contributed by atoms with E-state index in [1.165, 1.54) is 0 Å². The molecule has 2 nitrogen and oxygen atoms in total. The fraction of sp³-hybridized carbons (Fsp3) is 0.750. The number of ketones is 1. The molecule has 1 rings (SSSR count). The summed E-state index contributed by atoms with van der Waals surface area (Å²) in [5.41, 5.74) is 0.860. The predicted molar refractivity (Wildman–Crippen MR) is 65.5 cm³/mol. The van der Waals surface area contributed by atoms with E-state index in [4.69, 9.17) is 4.43 Å². The van der Waals surface area contributed by atoms with E-state index >= 15 is 0 Å². The molecule has 0 saturated heterocycles. The molecule has 0 heterocycles. The van der Waals surface area contributed by atoms with Gasteiger partial charge >= 0.3 is 0 Å². The van der Waals surface area contributed by atoms with E-state index in [2.05, 4.69) is 33.9 Å². The molecule has 0 aromatic rings. The minimum atomic E-state index is -1.73. The molecule has 1 aliphatic carbocycles. The van der Waals surface area contributed by atoms with Crippen LogP contribution in [0.1, 0.15) is 34.1 Å². The van der Waals surface area contributed by atoms with E-state index in [1.54, 1.807) is 0 Å². The lowest BCUT2D eigenvalue weighted by molar-refractivity contribution is -0.115. The van der Waals surface area contributed by atoms with Crippen molar-refractivity contribution in [1.29, 1.82) is 0 Å². The minimum Gasteiger partial charge on any atom is -0.410 e. The fourth-order valence-corrected chi connectivity index (χ4v) is 2.67. The summed E-state index contributed by atoms with van der Waals surface area (Å²) in [4.78, 5) is 11.4. The van der Waals surface area contributed by atoms with Crippen LogP contribution >= 0.6 is 0 Å². The molecular formula is C12H22O2Si. The van der Waals surface area contributed by atoms with Crippen molar-refractivity contribution < 1.29 is 9.22 Å².